The highest BCUT2D eigenvalue weighted by Crippen LogP contribution is 2.09. The van der Waals surface area contributed by atoms with E-state index in [2.05, 4.69) is 12.2 Å². The number of carbonyl (C=O) groups excluding carboxylic acids is 1. The van der Waals surface area contributed by atoms with E-state index < -0.39 is 0 Å². The van der Waals surface area contributed by atoms with E-state index in [1.54, 1.807) is 0 Å². The zero-order valence-corrected chi connectivity index (χ0v) is 9.71. The minimum atomic E-state index is -0.0438. The molecule has 2 heteroatoms. The van der Waals surface area contributed by atoms with Gasteiger partial charge in [-0.25, -0.2) is 0 Å². The van der Waals surface area contributed by atoms with E-state index in [-0.39, 0.29) is 11.8 Å². The van der Waals surface area contributed by atoms with Crippen LogP contribution in [0.3, 0.4) is 0 Å². The summed E-state index contributed by atoms with van der Waals surface area (Å²) in [6, 6.07) is 7.71. The van der Waals surface area contributed by atoms with E-state index in [0.717, 1.165) is 18.4 Å². The van der Waals surface area contributed by atoms with Crippen LogP contribution in [0.25, 0.3) is 0 Å². The Morgan fingerprint density at radius 1 is 1.33 bits per heavy atom. The van der Waals surface area contributed by atoms with Crippen molar-refractivity contribution in [3.05, 3.63) is 35.4 Å². The molecule has 0 bridgehead atoms. The first-order chi connectivity index (χ1) is 7.19. The summed E-state index contributed by atoms with van der Waals surface area (Å²) in [6.45, 7) is 4.11. The third-order valence-electron chi connectivity index (χ3n) is 2.58. The molecule has 0 saturated heterocycles. The van der Waals surface area contributed by atoms with E-state index in [0.29, 0.717) is 0 Å². The van der Waals surface area contributed by atoms with Gasteiger partial charge in [0.25, 0.3) is 0 Å². The van der Waals surface area contributed by atoms with Crippen LogP contribution in [0.2, 0.25) is 0 Å². The molecule has 1 aromatic carbocycles. The van der Waals surface area contributed by atoms with Crippen molar-refractivity contribution in [2.24, 2.45) is 0 Å². The van der Waals surface area contributed by atoms with Gasteiger partial charge in [-0.15, -0.1) is 0 Å². The predicted octanol–water partition coefficient (Wildman–Crippen LogP) is 2.57. The summed E-state index contributed by atoms with van der Waals surface area (Å²) in [4.78, 5) is 12.0. The molecule has 82 valence electrons. The highest BCUT2D eigenvalue weighted by atomic mass is 16.1. The normalized spacial score (nSPS) is 12.5. The number of Topliss-reactive ketones (excluding diaryl/α,β-unsaturated/α-hetero) is 1. The van der Waals surface area contributed by atoms with Gasteiger partial charge in [0.1, 0.15) is 0 Å². The van der Waals surface area contributed by atoms with Gasteiger partial charge < -0.3 is 5.32 Å². The number of nitrogens with one attached hydrogen (secondary N) is 1. The van der Waals surface area contributed by atoms with Crippen molar-refractivity contribution >= 4 is 5.78 Å². The number of carbonyl (C=O) groups is 1. The number of benzene rings is 1. The lowest BCUT2D eigenvalue weighted by atomic mass is 10.00. The molecule has 0 aromatic heterocycles. The average Bonchev–Trinajstić information content (AvgIpc) is 2.26. The second kappa shape index (κ2) is 5.66. The smallest absolute Gasteiger partial charge is 0.179 e. The van der Waals surface area contributed by atoms with Gasteiger partial charge in [-0.3, -0.25) is 4.79 Å². The van der Waals surface area contributed by atoms with Gasteiger partial charge in [0, 0.05) is 5.56 Å². The van der Waals surface area contributed by atoms with Gasteiger partial charge in [-0.05, 0) is 20.4 Å². The molecular weight excluding hydrogens is 186 g/mol. The summed E-state index contributed by atoms with van der Waals surface area (Å²) in [7, 11) is 1.84. The molecule has 0 aliphatic rings. The number of likely N-dealkylation sites (N-methyl/N-ethyl adjacent to an activating group) is 1. The Balaban J connectivity index is 2.78. The molecule has 15 heavy (non-hydrogen) atoms. The molecule has 0 saturated carbocycles. The van der Waals surface area contributed by atoms with Crippen molar-refractivity contribution in [3.8, 4) is 0 Å². The molecule has 1 N–H and O–H groups in total. The SMILES string of the molecule is CCCC(NC)C(=O)c1ccc(C)cc1. The Hall–Kier alpha value is -1.15. The first kappa shape index (κ1) is 11.9. The van der Waals surface area contributed by atoms with Crippen molar-refractivity contribution in [2.45, 2.75) is 32.7 Å². The summed E-state index contributed by atoms with van der Waals surface area (Å²) in [5, 5.41) is 3.07. The summed E-state index contributed by atoms with van der Waals surface area (Å²) in [5.41, 5.74) is 1.98. The molecule has 1 rings (SSSR count). The lowest BCUT2D eigenvalue weighted by Gasteiger charge is -2.13. The van der Waals surface area contributed by atoms with Gasteiger partial charge >= 0.3 is 0 Å². The number of ketones is 1. The van der Waals surface area contributed by atoms with Crippen LogP contribution < -0.4 is 5.32 Å². The number of rotatable bonds is 5. The number of hydrogen-bond acceptors (Lipinski definition) is 2. The first-order valence-electron chi connectivity index (χ1n) is 5.47. The fourth-order valence-corrected chi connectivity index (χ4v) is 1.61. The minimum absolute atomic E-state index is 0.0438. The van der Waals surface area contributed by atoms with Crippen LogP contribution in [-0.4, -0.2) is 18.9 Å². The Morgan fingerprint density at radius 3 is 2.40 bits per heavy atom. The molecule has 1 atom stereocenters. The highest BCUT2D eigenvalue weighted by Gasteiger charge is 2.16. The summed E-state index contributed by atoms with van der Waals surface area (Å²) >= 11 is 0. The van der Waals surface area contributed by atoms with E-state index in [9.17, 15) is 4.79 Å². The second-order valence-electron chi connectivity index (χ2n) is 3.86. The Labute approximate surface area is 91.7 Å². The third-order valence-corrected chi connectivity index (χ3v) is 2.58. The van der Waals surface area contributed by atoms with Crippen LogP contribution in [0.4, 0.5) is 0 Å². The third kappa shape index (κ3) is 3.17. The van der Waals surface area contributed by atoms with Crippen molar-refractivity contribution in [1.29, 1.82) is 0 Å². The lowest BCUT2D eigenvalue weighted by Crippen LogP contribution is -2.33. The summed E-state index contributed by atoms with van der Waals surface area (Å²) in [5.74, 6) is 0.194. The summed E-state index contributed by atoms with van der Waals surface area (Å²) < 4.78 is 0. The van der Waals surface area contributed by atoms with E-state index in [4.69, 9.17) is 0 Å². The lowest BCUT2D eigenvalue weighted by molar-refractivity contribution is 0.0942. The van der Waals surface area contributed by atoms with Crippen molar-refractivity contribution in [3.63, 3.8) is 0 Å². The van der Waals surface area contributed by atoms with Crippen LogP contribution in [0.1, 0.15) is 35.7 Å². The monoisotopic (exact) mass is 205 g/mol. The van der Waals surface area contributed by atoms with Crippen molar-refractivity contribution in [2.75, 3.05) is 7.05 Å². The predicted molar refractivity (Wildman–Crippen MR) is 63.3 cm³/mol. The first-order valence-corrected chi connectivity index (χ1v) is 5.47. The molecule has 0 fully saturated rings. The Bertz CT molecular complexity index is 316. The highest BCUT2D eigenvalue weighted by molar-refractivity contribution is 6.00. The number of aryl methyl sites for hydroxylation is 1. The molecule has 1 aromatic rings. The molecule has 0 radical (unpaired) electrons. The fraction of sp³-hybridized carbons (Fsp3) is 0.462. The molecule has 1 unspecified atom stereocenters. The van der Waals surface area contributed by atoms with Crippen molar-refractivity contribution < 1.29 is 4.79 Å². The topological polar surface area (TPSA) is 29.1 Å². The summed E-state index contributed by atoms with van der Waals surface area (Å²) in [6.07, 6.45) is 1.91. The number of hydrogen-bond donors (Lipinski definition) is 1. The van der Waals surface area contributed by atoms with Gasteiger partial charge in [-0.2, -0.15) is 0 Å². The largest absolute Gasteiger partial charge is 0.310 e. The average molecular weight is 205 g/mol. The fourth-order valence-electron chi connectivity index (χ4n) is 1.61. The van der Waals surface area contributed by atoms with Crippen LogP contribution in [0, 0.1) is 6.92 Å². The van der Waals surface area contributed by atoms with E-state index in [1.165, 1.54) is 5.56 Å². The van der Waals surface area contributed by atoms with E-state index >= 15 is 0 Å². The second-order valence-corrected chi connectivity index (χ2v) is 3.86. The minimum Gasteiger partial charge on any atom is -0.310 e. The van der Waals surface area contributed by atoms with Crippen LogP contribution >= 0.6 is 0 Å². The quantitative estimate of drug-likeness (QED) is 0.748. The maximum Gasteiger partial charge on any atom is 0.179 e. The van der Waals surface area contributed by atoms with Gasteiger partial charge in [0.05, 0.1) is 6.04 Å². The molecule has 2 nitrogen and oxygen atoms in total. The molecular formula is C13H19NO. The maximum atomic E-state index is 12.0. The Morgan fingerprint density at radius 2 is 1.93 bits per heavy atom. The zero-order chi connectivity index (χ0) is 11.3. The van der Waals surface area contributed by atoms with Gasteiger partial charge in [0.2, 0.25) is 0 Å². The Kier molecular flexibility index (Phi) is 4.50. The zero-order valence-electron chi connectivity index (χ0n) is 9.71. The van der Waals surface area contributed by atoms with E-state index in [1.807, 2.05) is 38.2 Å². The standard InChI is InChI=1S/C13H19NO/c1-4-5-12(14-3)13(15)11-8-6-10(2)7-9-11/h6-9,12,14H,4-5H2,1-3H3. The molecule has 0 aliphatic carbocycles. The van der Waals surface area contributed by atoms with Gasteiger partial charge in [0.15, 0.2) is 5.78 Å². The molecule has 0 spiro atoms. The van der Waals surface area contributed by atoms with Crippen LogP contribution in [0.5, 0.6) is 0 Å². The van der Waals surface area contributed by atoms with Gasteiger partial charge in [-0.1, -0.05) is 43.2 Å². The molecule has 0 aliphatic heterocycles. The maximum absolute atomic E-state index is 12.0. The van der Waals surface area contributed by atoms with Crippen LogP contribution in [0.15, 0.2) is 24.3 Å². The molecule has 0 heterocycles. The van der Waals surface area contributed by atoms with Crippen molar-refractivity contribution in [1.82, 2.24) is 5.32 Å². The van der Waals surface area contributed by atoms with Crippen LogP contribution in [-0.2, 0) is 0 Å². The molecule has 0 amide bonds.